The first kappa shape index (κ1) is 15.5. The van der Waals surface area contributed by atoms with Gasteiger partial charge in [-0.25, -0.2) is 4.98 Å². The zero-order valence-corrected chi connectivity index (χ0v) is 13.5. The summed E-state index contributed by atoms with van der Waals surface area (Å²) in [5.74, 6) is 1.72. The Morgan fingerprint density at radius 1 is 1.18 bits per heavy atom. The van der Waals surface area contributed by atoms with E-state index in [0.717, 1.165) is 30.5 Å². The lowest BCUT2D eigenvalue weighted by Gasteiger charge is -2.28. The Kier molecular flexibility index (Phi) is 4.78. The van der Waals surface area contributed by atoms with Crippen LogP contribution in [0.1, 0.15) is 31.9 Å². The van der Waals surface area contributed by atoms with Gasteiger partial charge < -0.3 is 19.6 Å². The maximum Gasteiger partial charge on any atom is 0.227 e. The number of hydrogen-bond acceptors (Lipinski definition) is 6. The normalized spacial score (nSPS) is 25.8. The van der Waals surface area contributed by atoms with Crippen LogP contribution in [0.2, 0.25) is 0 Å². The molecule has 2 fully saturated rings. The Labute approximate surface area is 132 Å². The molecule has 6 heteroatoms. The number of anilines is 2. The van der Waals surface area contributed by atoms with Crippen molar-refractivity contribution in [2.45, 2.75) is 45.3 Å². The van der Waals surface area contributed by atoms with Crippen LogP contribution in [-0.4, -0.2) is 60.1 Å². The molecule has 0 spiro atoms. The smallest absolute Gasteiger partial charge is 0.227 e. The van der Waals surface area contributed by atoms with Gasteiger partial charge in [0.15, 0.2) is 0 Å². The van der Waals surface area contributed by atoms with Crippen LogP contribution in [0.5, 0.6) is 0 Å². The van der Waals surface area contributed by atoms with Crippen molar-refractivity contribution in [1.82, 2.24) is 9.97 Å². The quantitative estimate of drug-likeness (QED) is 0.906. The topological polar surface area (TPSA) is 61.7 Å². The molecular weight excluding hydrogens is 280 g/mol. The molecule has 2 saturated heterocycles. The molecule has 1 aromatic rings. The number of β-amino-alcohol motifs (C(OH)–C–C–N with tert-alkyl or cyclic N) is 1. The average Bonchev–Trinajstić information content (AvgIpc) is 2.89. The van der Waals surface area contributed by atoms with E-state index in [2.05, 4.69) is 14.8 Å². The van der Waals surface area contributed by atoms with Gasteiger partial charge in [0.25, 0.3) is 0 Å². The molecule has 2 atom stereocenters. The number of ether oxygens (including phenoxy) is 1. The van der Waals surface area contributed by atoms with E-state index in [-0.39, 0.29) is 6.10 Å². The minimum absolute atomic E-state index is 0.126. The predicted octanol–water partition coefficient (Wildman–Crippen LogP) is 1.36. The molecule has 3 heterocycles. The van der Waals surface area contributed by atoms with Gasteiger partial charge in [-0.15, -0.1) is 0 Å². The summed E-state index contributed by atoms with van der Waals surface area (Å²) >= 11 is 0. The van der Waals surface area contributed by atoms with E-state index in [1.165, 1.54) is 19.3 Å². The van der Waals surface area contributed by atoms with E-state index in [9.17, 15) is 5.11 Å². The number of piperidine rings is 1. The summed E-state index contributed by atoms with van der Waals surface area (Å²) in [5, 5.41) is 10.1. The summed E-state index contributed by atoms with van der Waals surface area (Å²) in [7, 11) is 0. The molecule has 0 unspecified atom stereocenters. The van der Waals surface area contributed by atoms with Gasteiger partial charge in [-0.05, 0) is 33.1 Å². The molecule has 2 aliphatic heterocycles. The van der Waals surface area contributed by atoms with E-state index < -0.39 is 6.10 Å². The Morgan fingerprint density at radius 2 is 1.95 bits per heavy atom. The number of nitrogens with zero attached hydrogens (tertiary/aromatic N) is 4. The van der Waals surface area contributed by atoms with Crippen molar-refractivity contribution < 1.29 is 9.84 Å². The van der Waals surface area contributed by atoms with Crippen molar-refractivity contribution >= 4 is 11.8 Å². The number of aliphatic hydroxyl groups is 1. The Balaban J connectivity index is 1.77. The maximum absolute atomic E-state index is 10.1. The van der Waals surface area contributed by atoms with Crippen molar-refractivity contribution in [3.8, 4) is 0 Å². The van der Waals surface area contributed by atoms with Crippen molar-refractivity contribution in [2.75, 3.05) is 42.6 Å². The molecule has 1 N–H and O–H groups in total. The second kappa shape index (κ2) is 6.79. The second-order valence-corrected chi connectivity index (χ2v) is 6.18. The minimum atomic E-state index is -0.450. The first-order valence-electron chi connectivity index (χ1n) is 8.32. The molecule has 0 aliphatic carbocycles. The fourth-order valence-electron chi connectivity index (χ4n) is 3.26. The molecule has 0 saturated carbocycles. The monoisotopic (exact) mass is 306 g/mol. The largest absolute Gasteiger partial charge is 0.388 e. The van der Waals surface area contributed by atoms with Gasteiger partial charge in [0, 0.05) is 44.5 Å². The first-order valence-corrected chi connectivity index (χ1v) is 8.32. The van der Waals surface area contributed by atoms with Crippen LogP contribution < -0.4 is 9.80 Å². The van der Waals surface area contributed by atoms with Gasteiger partial charge in [-0.1, -0.05) is 0 Å². The lowest BCUT2D eigenvalue weighted by molar-refractivity contribution is -0.00189. The average molecular weight is 306 g/mol. The fraction of sp³-hybridized carbons (Fsp3) is 0.750. The summed E-state index contributed by atoms with van der Waals surface area (Å²) in [6.45, 7) is 7.91. The Hall–Kier alpha value is -1.40. The molecule has 0 bridgehead atoms. The molecular formula is C16H26N4O2. The van der Waals surface area contributed by atoms with Crippen LogP contribution in [0.4, 0.5) is 11.8 Å². The molecule has 1 aromatic heterocycles. The number of aryl methyl sites for hydroxylation is 1. The van der Waals surface area contributed by atoms with Crippen molar-refractivity contribution in [2.24, 2.45) is 0 Å². The highest BCUT2D eigenvalue weighted by atomic mass is 16.5. The molecule has 0 amide bonds. The van der Waals surface area contributed by atoms with Crippen molar-refractivity contribution in [1.29, 1.82) is 0 Å². The van der Waals surface area contributed by atoms with Gasteiger partial charge in [0.1, 0.15) is 11.9 Å². The van der Waals surface area contributed by atoms with Crippen LogP contribution >= 0.6 is 0 Å². The molecule has 122 valence electrons. The fourth-order valence-corrected chi connectivity index (χ4v) is 3.26. The van der Waals surface area contributed by atoms with Crippen LogP contribution in [-0.2, 0) is 4.74 Å². The van der Waals surface area contributed by atoms with Gasteiger partial charge in [0.05, 0.1) is 6.10 Å². The predicted molar refractivity (Wildman–Crippen MR) is 86.5 cm³/mol. The molecule has 3 rings (SSSR count). The third-order valence-electron chi connectivity index (χ3n) is 4.41. The van der Waals surface area contributed by atoms with Crippen molar-refractivity contribution in [3.63, 3.8) is 0 Å². The lowest BCUT2D eigenvalue weighted by Crippen LogP contribution is -2.32. The number of rotatable bonds is 4. The molecule has 2 aliphatic rings. The third-order valence-corrected chi connectivity index (χ3v) is 4.41. The first-order chi connectivity index (χ1) is 10.7. The molecule has 0 aromatic carbocycles. The Bertz CT molecular complexity index is 505. The van der Waals surface area contributed by atoms with Gasteiger partial charge >= 0.3 is 0 Å². The van der Waals surface area contributed by atoms with Gasteiger partial charge in [-0.2, -0.15) is 4.98 Å². The van der Waals surface area contributed by atoms with Crippen LogP contribution in [0.3, 0.4) is 0 Å². The second-order valence-electron chi connectivity index (χ2n) is 6.18. The lowest BCUT2D eigenvalue weighted by atomic mass is 10.1. The van der Waals surface area contributed by atoms with Crippen LogP contribution in [0.15, 0.2) is 6.07 Å². The Morgan fingerprint density at radius 3 is 2.68 bits per heavy atom. The molecule has 6 nitrogen and oxygen atoms in total. The standard InChI is InChI=1S/C16H26N4O2/c1-3-22-14-11-20(10-13(14)21)15-9-12(2)17-16(18-15)19-7-5-4-6-8-19/h9,13-14,21H,3-8,10-11H2,1-2H3/t13-,14-/m1/s1. The number of hydrogen-bond donors (Lipinski definition) is 1. The van der Waals surface area contributed by atoms with E-state index >= 15 is 0 Å². The molecule has 22 heavy (non-hydrogen) atoms. The minimum Gasteiger partial charge on any atom is -0.388 e. The maximum atomic E-state index is 10.1. The van der Waals surface area contributed by atoms with E-state index in [1.807, 2.05) is 19.9 Å². The molecule has 0 radical (unpaired) electrons. The van der Waals surface area contributed by atoms with Crippen molar-refractivity contribution in [3.05, 3.63) is 11.8 Å². The number of aliphatic hydroxyl groups excluding tert-OH is 1. The highest BCUT2D eigenvalue weighted by Crippen LogP contribution is 2.24. The van der Waals surface area contributed by atoms with Gasteiger partial charge in [0.2, 0.25) is 5.95 Å². The van der Waals surface area contributed by atoms with Gasteiger partial charge in [-0.3, -0.25) is 0 Å². The van der Waals surface area contributed by atoms with E-state index in [0.29, 0.717) is 19.7 Å². The summed E-state index contributed by atoms with van der Waals surface area (Å²) in [6.07, 6.45) is 3.14. The summed E-state index contributed by atoms with van der Waals surface area (Å²) in [6, 6.07) is 1.99. The van der Waals surface area contributed by atoms with E-state index in [1.54, 1.807) is 0 Å². The highest BCUT2D eigenvalue weighted by Gasteiger charge is 2.33. The van der Waals surface area contributed by atoms with Crippen LogP contribution in [0.25, 0.3) is 0 Å². The van der Waals surface area contributed by atoms with E-state index in [4.69, 9.17) is 9.72 Å². The zero-order chi connectivity index (χ0) is 15.5. The number of aromatic nitrogens is 2. The third kappa shape index (κ3) is 3.33. The summed E-state index contributed by atoms with van der Waals surface area (Å²) < 4.78 is 5.60. The summed E-state index contributed by atoms with van der Waals surface area (Å²) in [5.41, 5.74) is 0.972. The van der Waals surface area contributed by atoms with Crippen LogP contribution in [0, 0.1) is 6.92 Å². The SMILES string of the molecule is CCO[C@@H]1CN(c2cc(C)nc(N3CCCCC3)n2)C[C@H]1O. The highest BCUT2D eigenvalue weighted by molar-refractivity contribution is 5.47. The summed E-state index contributed by atoms with van der Waals surface area (Å²) in [4.78, 5) is 13.7. The zero-order valence-electron chi connectivity index (χ0n) is 13.5.